The summed E-state index contributed by atoms with van der Waals surface area (Å²) >= 11 is 6.19. The molecule has 1 saturated heterocycles. The first-order valence-electron chi connectivity index (χ1n) is 6.36. The summed E-state index contributed by atoms with van der Waals surface area (Å²) in [6, 6.07) is 5.13. The highest BCUT2D eigenvalue weighted by atomic mass is 35.5. The molecule has 2 N–H and O–H groups in total. The first-order valence-corrected chi connectivity index (χ1v) is 8.56. The van der Waals surface area contributed by atoms with Gasteiger partial charge in [0.2, 0.25) is 0 Å². The summed E-state index contributed by atoms with van der Waals surface area (Å²) in [5.74, 6) is 0.515. The van der Waals surface area contributed by atoms with Crippen LogP contribution in [-0.2, 0) is 15.4 Å². The summed E-state index contributed by atoms with van der Waals surface area (Å²) in [7, 11) is -3.08. The number of hydrogen-bond donors (Lipinski definition) is 1. The number of hydrogen-bond acceptors (Lipinski definition) is 6. The maximum Gasteiger partial charge on any atom is 0.186 e. The van der Waals surface area contributed by atoms with E-state index in [9.17, 15) is 8.42 Å². The first-order chi connectivity index (χ1) is 9.82. The second-order valence-corrected chi connectivity index (χ2v) is 8.05. The van der Waals surface area contributed by atoms with E-state index in [1.165, 1.54) is 4.68 Å². The van der Waals surface area contributed by atoms with Crippen molar-refractivity contribution < 1.29 is 8.42 Å². The minimum atomic E-state index is -3.08. The molecule has 112 valence electrons. The van der Waals surface area contributed by atoms with Gasteiger partial charge in [0.05, 0.1) is 27.6 Å². The predicted molar refractivity (Wildman–Crippen MR) is 79.6 cm³/mol. The molecule has 9 heteroatoms. The smallest absolute Gasteiger partial charge is 0.186 e. The van der Waals surface area contributed by atoms with Gasteiger partial charge in [-0.3, -0.25) is 0 Å². The number of benzene rings is 1. The highest BCUT2D eigenvalue weighted by Crippen LogP contribution is 2.37. The maximum atomic E-state index is 11.8. The van der Waals surface area contributed by atoms with Gasteiger partial charge in [0.15, 0.2) is 15.7 Å². The van der Waals surface area contributed by atoms with Gasteiger partial charge >= 0.3 is 0 Å². The molecule has 0 aliphatic carbocycles. The van der Waals surface area contributed by atoms with E-state index in [0.717, 1.165) is 0 Å². The van der Waals surface area contributed by atoms with Crippen LogP contribution in [0.25, 0.3) is 11.4 Å². The van der Waals surface area contributed by atoms with Crippen LogP contribution in [0.15, 0.2) is 18.2 Å². The monoisotopic (exact) mass is 327 g/mol. The van der Waals surface area contributed by atoms with E-state index in [2.05, 4.69) is 15.5 Å². The molecule has 1 aliphatic rings. The fourth-order valence-corrected chi connectivity index (χ4v) is 5.02. The Kier molecular flexibility index (Phi) is 3.18. The van der Waals surface area contributed by atoms with E-state index in [0.29, 0.717) is 28.5 Å². The summed E-state index contributed by atoms with van der Waals surface area (Å²) in [6.07, 6.45) is 0.456. The van der Waals surface area contributed by atoms with Crippen molar-refractivity contribution in [2.75, 3.05) is 17.2 Å². The summed E-state index contributed by atoms with van der Waals surface area (Å²) in [4.78, 5) is 0. The third-order valence-corrected chi connectivity index (χ3v) is 5.94. The zero-order chi connectivity index (χ0) is 15.3. The lowest BCUT2D eigenvalue weighted by molar-refractivity contribution is 0.325. The van der Waals surface area contributed by atoms with Gasteiger partial charge in [0.25, 0.3) is 0 Å². The van der Waals surface area contributed by atoms with Crippen molar-refractivity contribution in [1.82, 2.24) is 20.2 Å². The lowest BCUT2D eigenvalue weighted by Crippen LogP contribution is -2.33. The second kappa shape index (κ2) is 4.67. The van der Waals surface area contributed by atoms with Crippen LogP contribution >= 0.6 is 11.6 Å². The van der Waals surface area contributed by atoms with Crippen molar-refractivity contribution in [3.05, 3.63) is 23.2 Å². The number of anilines is 1. The van der Waals surface area contributed by atoms with Crippen LogP contribution in [0.1, 0.15) is 13.3 Å². The quantitative estimate of drug-likeness (QED) is 0.829. The lowest BCUT2D eigenvalue weighted by atomic mass is 10.0. The fourth-order valence-electron chi connectivity index (χ4n) is 2.64. The molecule has 0 saturated carbocycles. The molecule has 2 heterocycles. The molecule has 7 nitrogen and oxygen atoms in total. The van der Waals surface area contributed by atoms with Crippen molar-refractivity contribution in [1.29, 1.82) is 0 Å². The predicted octanol–water partition coefficient (Wildman–Crippen LogP) is 1.11. The number of halogens is 1. The molecule has 1 fully saturated rings. The molecule has 3 rings (SSSR count). The average Bonchev–Trinajstić information content (AvgIpc) is 2.95. The number of nitrogen functional groups attached to an aromatic ring is 1. The fraction of sp³-hybridized carbons (Fsp3) is 0.417. The van der Waals surface area contributed by atoms with E-state index in [-0.39, 0.29) is 11.5 Å². The Morgan fingerprint density at radius 2 is 2.19 bits per heavy atom. The third kappa shape index (κ3) is 2.38. The maximum absolute atomic E-state index is 11.8. The first kappa shape index (κ1) is 14.3. The molecule has 1 aromatic heterocycles. The van der Waals surface area contributed by atoms with Gasteiger partial charge in [-0.05, 0) is 35.9 Å². The number of rotatable bonds is 2. The highest BCUT2D eigenvalue weighted by molar-refractivity contribution is 7.91. The third-order valence-electron chi connectivity index (χ3n) is 3.73. The van der Waals surface area contributed by atoms with Gasteiger partial charge < -0.3 is 5.73 Å². The van der Waals surface area contributed by atoms with Crippen molar-refractivity contribution in [2.24, 2.45) is 0 Å². The van der Waals surface area contributed by atoms with Crippen LogP contribution in [0, 0.1) is 0 Å². The zero-order valence-electron chi connectivity index (χ0n) is 11.3. The molecule has 0 amide bonds. The van der Waals surface area contributed by atoms with Gasteiger partial charge in [-0.25, -0.2) is 13.1 Å². The lowest BCUT2D eigenvalue weighted by Gasteiger charge is -2.23. The second-order valence-electron chi connectivity index (χ2n) is 5.46. The molecule has 0 radical (unpaired) electrons. The highest BCUT2D eigenvalue weighted by Gasteiger charge is 2.42. The Balaban J connectivity index is 2.15. The van der Waals surface area contributed by atoms with E-state index in [1.807, 2.05) is 6.92 Å². The molecular formula is C12H14ClN5O2S. The number of nitrogens with two attached hydrogens (primary N) is 1. The Bertz CT molecular complexity index is 783. The molecule has 1 unspecified atom stereocenters. The molecule has 21 heavy (non-hydrogen) atoms. The molecule has 1 atom stereocenters. The number of nitrogens with zero attached hydrogens (tertiary/aromatic N) is 4. The van der Waals surface area contributed by atoms with Gasteiger partial charge in [0.1, 0.15) is 0 Å². The van der Waals surface area contributed by atoms with Crippen LogP contribution in [-0.4, -0.2) is 40.1 Å². The summed E-state index contributed by atoms with van der Waals surface area (Å²) < 4.78 is 25.1. The zero-order valence-corrected chi connectivity index (χ0v) is 12.9. The van der Waals surface area contributed by atoms with Crippen molar-refractivity contribution in [3.8, 4) is 11.4 Å². The van der Waals surface area contributed by atoms with E-state index < -0.39 is 15.4 Å². The van der Waals surface area contributed by atoms with E-state index in [1.54, 1.807) is 18.2 Å². The number of sulfone groups is 1. The van der Waals surface area contributed by atoms with Crippen LogP contribution in [0.4, 0.5) is 5.69 Å². The summed E-state index contributed by atoms with van der Waals surface area (Å²) in [6.45, 7) is 1.82. The Labute approximate surface area is 127 Å². The minimum Gasteiger partial charge on any atom is -0.398 e. The number of aromatic nitrogens is 4. The van der Waals surface area contributed by atoms with Crippen LogP contribution in [0.5, 0.6) is 0 Å². The molecule has 0 spiro atoms. The molecule has 1 aromatic carbocycles. The SMILES string of the molecule is CC1(n2nnnc2-c2c(N)cccc2Cl)CCS(=O)(=O)C1. The Hall–Kier alpha value is -1.67. The largest absolute Gasteiger partial charge is 0.398 e. The average molecular weight is 328 g/mol. The standard InChI is InChI=1S/C12H14ClN5O2S/c1-12(5-6-21(19,20)7-12)18-11(15-16-17-18)10-8(13)3-2-4-9(10)14/h2-4H,5-7,14H2,1H3. The summed E-state index contributed by atoms with van der Waals surface area (Å²) in [5.41, 5.74) is 6.24. The van der Waals surface area contributed by atoms with Crippen molar-refractivity contribution in [2.45, 2.75) is 18.9 Å². The van der Waals surface area contributed by atoms with Gasteiger partial charge in [-0.2, -0.15) is 0 Å². The Morgan fingerprint density at radius 3 is 2.81 bits per heavy atom. The molecular weight excluding hydrogens is 314 g/mol. The van der Waals surface area contributed by atoms with Crippen LogP contribution in [0.3, 0.4) is 0 Å². The molecule has 0 bridgehead atoms. The van der Waals surface area contributed by atoms with Crippen molar-refractivity contribution in [3.63, 3.8) is 0 Å². The van der Waals surface area contributed by atoms with Gasteiger partial charge in [0, 0.05) is 5.69 Å². The normalized spacial score (nSPS) is 24.3. The molecule has 2 aromatic rings. The van der Waals surface area contributed by atoms with Crippen LogP contribution < -0.4 is 5.73 Å². The minimum absolute atomic E-state index is 0.00238. The van der Waals surface area contributed by atoms with Gasteiger partial charge in [-0.15, -0.1) is 5.10 Å². The summed E-state index contributed by atoms with van der Waals surface area (Å²) in [5, 5.41) is 12.1. The van der Waals surface area contributed by atoms with Gasteiger partial charge in [-0.1, -0.05) is 17.7 Å². The van der Waals surface area contributed by atoms with E-state index in [4.69, 9.17) is 17.3 Å². The van der Waals surface area contributed by atoms with Crippen molar-refractivity contribution >= 4 is 27.1 Å². The molecule has 1 aliphatic heterocycles. The number of tetrazole rings is 1. The van der Waals surface area contributed by atoms with Crippen LogP contribution in [0.2, 0.25) is 5.02 Å². The van der Waals surface area contributed by atoms with E-state index >= 15 is 0 Å². The Morgan fingerprint density at radius 1 is 1.43 bits per heavy atom. The topological polar surface area (TPSA) is 104 Å².